The molecule has 1 rings (SSSR count). The molecular weight excluding hydrogens is 287 g/mol. The Kier molecular flexibility index (Phi) is 5.34. The van der Waals surface area contributed by atoms with Crippen LogP contribution in [0.3, 0.4) is 0 Å². The van der Waals surface area contributed by atoms with Gasteiger partial charge < -0.3 is 15.5 Å². The van der Waals surface area contributed by atoms with E-state index < -0.39 is 17.8 Å². The molecule has 0 bridgehead atoms. The molecule has 2 N–H and O–H groups in total. The number of hydrogen-bond acceptors (Lipinski definition) is 5. The maximum Gasteiger partial charge on any atom is 0.433 e. The summed E-state index contributed by atoms with van der Waals surface area (Å²) in [6, 6.07) is 0.770. The highest BCUT2D eigenvalue weighted by Crippen LogP contribution is 2.29. The van der Waals surface area contributed by atoms with Crippen LogP contribution in [0.15, 0.2) is 6.07 Å². The maximum atomic E-state index is 12.7. The van der Waals surface area contributed by atoms with E-state index in [9.17, 15) is 18.0 Å². The van der Waals surface area contributed by atoms with Crippen LogP contribution in [0.4, 0.5) is 24.9 Å². The van der Waals surface area contributed by atoms with Gasteiger partial charge in [-0.25, -0.2) is 4.98 Å². The van der Waals surface area contributed by atoms with Crippen LogP contribution >= 0.6 is 0 Å². The van der Waals surface area contributed by atoms with E-state index in [1.165, 1.54) is 11.9 Å². The molecule has 0 fully saturated rings. The average Bonchev–Trinajstić information content (AvgIpc) is 2.38. The Bertz CT molecular complexity index is 502. The highest BCUT2D eigenvalue weighted by atomic mass is 19.4. The first-order chi connectivity index (χ1) is 9.68. The third-order valence-corrected chi connectivity index (χ3v) is 2.90. The number of halogens is 3. The number of carbonyl (C=O) groups is 1. The van der Waals surface area contributed by atoms with Crippen LogP contribution < -0.4 is 10.6 Å². The lowest BCUT2D eigenvalue weighted by Gasteiger charge is -2.24. The van der Waals surface area contributed by atoms with Crippen LogP contribution in [0, 0.1) is 0 Å². The third-order valence-electron chi connectivity index (χ3n) is 2.90. The predicted molar refractivity (Wildman–Crippen MR) is 72.6 cm³/mol. The first-order valence-corrected chi connectivity index (χ1v) is 6.39. The largest absolute Gasteiger partial charge is 0.433 e. The molecule has 0 saturated heterocycles. The third kappa shape index (κ3) is 4.47. The first kappa shape index (κ1) is 17.0. The van der Waals surface area contributed by atoms with E-state index in [1.54, 1.807) is 4.90 Å². The van der Waals surface area contributed by atoms with Crippen molar-refractivity contribution in [3.05, 3.63) is 11.8 Å². The number of aromatic nitrogens is 2. The lowest BCUT2D eigenvalue weighted by Crippen LogP contribution is -2.39. The molecule has 0 atom stereocenters. The number of nitrogens with zero attached hydrogens (tertiary/aromatic N) is 4. The van der Waals surface area contributed by atoms with E-state index in [4.69, 9.17) is 5.73 Å². The topological polar surface area (TPSA) is 75.4 Å². The van der Waals surface area contributed by atoms with Gasteiger partial charge in [0.25, 0.3) is 0 Å². The molecule has 21 heavy (non-hydrogen) atoms. The number of amides is 1. The van der Waals surface area contributed by atoms with Crippen LogP contribution in [0.25, 0.3) is 0 Å². The van der Waals surface area contributed by atoms with Gasteiger partial charge in [0, 0.05) is 26.2 Å². The number of nitrogen functional groups attached to an aromatic ring is 1. The van der Waals surface area contributed by atoms with Gasteiger partial charge in [-0.2, -0.15) is 18.2 Å². The van der Waals surface area contributed by atoms with E-state index in [0.717, 1.165) is 6.07 Å². The zero-order chi connectivity index (χ0) is 16.2. The van der Waals surface area contributed by atoms with Crippen molar-refractivity contribution in [1.29, 1.82) is 0 Å². The minimum absolute atomic E-state index is 0.0460. The normalized spacial score (nSPS) is 11.3. The van der Waals surface area contributed by atoms with Gasteiger partial charge in [-0.15, -0.1) is 0 Å². The van der Waals surface area contributed by atoms with Gasteiger partial charge >= 0.3 is 6.18 Å². The Morgan fingerprint density at radius 3 is 2.33 bits per heavy atom. The molecule has 0 aliphatic rings. The van der Waals surface area contributed by atoms with E-state index in [0.29, 0.717) is 13.1 Å². The highest BCUT2D eigenvalue weighted by Gasteiger charge is 2.34. The first-order valence-electron chi connectivity index (χ1n) is 6.39. The Morgan fingerprint density at radius 2 is 1.86 bits per heavy atom. The lowest BCUT2D eigenvalue weighted by molar-refractivity contribution is -0.141. The van der Waals surface area contributed by atoms with E-state index >= 15 is 0 Å². The number of rotatable bonds is 5. The van der Waals surface area contributed by atoms with Crippen molar-refractivity contribution in [2.45, 2.75) is 20.0 Å². The molecule has 0 aromatic carbocycles. The van der Waals surface area contributed by atoms with Crippen LogP contribution in [0.2, 0.25) is 0 Å². The molecule has 1 aromatic heterocycles. The summed E-state index contributed by atoms with van der Waals surface area (Å²) >= 11 is 0. The number of alkyl halides is 3. The summed E-state index contributed by atoms with van der Waals surface area (Å²) in [6.07, 6.45) is -4.62. The molecule has 0 radical (unpaired) electrons. The van der Waals surface area contributed by atoms with Gasteiger partial charge in [-0.05, 0) is 13.8 Å². The Labute approximate surface area is 120 Å². The van der Waals surface area contributed by atoms with Gasteiger partial charge in [0.2, 0.25) is 11.9 Å². The quantitative estimate of drug-likeness (QED) is 0.889. The molecule has 0 spiro atoms. The van der Waals surface area contributed by atoms with E-state index in [1.807, 2.05) is 13.8 Å². The van der Waals surface area contributed by atoms with Gasteiger partial charge in [0.15, 0.2) is 5.69 Å². The summed E-state index contributed by atoms with van der Waals surface area (Å²) in [7, 11) is 1.48. The molecule has 0 saturated carbocycles. The fourth-order valence-electron chi connectivity index (χ4n) is 1.75. The summed E-state index contributed by atoms with van der Waals surface area (Å²) in [4.78, 5) is 21.7. The highest BCUT2D eigenvalue weighted by molar-refractivity contribution is 5.81. The van der Waals surface area contributed by atoms with Gasteiger partial charge in [0.1, 0.15) is 5.82 Å². The molecule has 0 aliphatic carbocycles. The van der Waals surface area contributed by atoms with Crippen LogP contribution in [-0.4, -0.2) is 47.5 Å². The molecule has 0 unspecified atom stereocenters. The van der Waals surface area contributed by atoms with E-state index in [2.05, 4.69) is 9.97 Å². The summed E-state index contributed by atoms with van der Waals surface area (Å²) < 4.78 is 38.0. The zero-order valence-electron chi connectivity index (χ0n) is 12.1. The molecule has 1 heterocycles. The molecule has 6 nitrogen and oxygen atoms in total. The molecule has 1 aromatic rings. The monoisotopic (exact) mass is 305 g/mol. The second-order valence-electron chi connectivity index (χ2n) is 4.39. The lowest BCUT2D eigenvalue weighted by atomic mass is 10.3. The number of nitrogens with two attached hydrogens (primary N) is 1. The van der Waals surface area contributed by atoms with Gasteiger partial charge in [-0.1, -0.05) is 0 Å². The van der Waals surface area contributed by atoms with Gasteiger partial charge in [0.05, 0.1) is 6.54 Å². The van der Waals surface area contributed by atoms with Crippen LogP contribution in [0.1, 0.15) is 19.5 Å². The molecule has 9 heteroatoms. The zero-order valence-corrected chi connectivity index (χ0v) is 12.1. The number of carbonyl (C=O) groups excluding carboxylic acids is 1. The maximum absolute atomic E-state index is 12.7. The van der Waals surface area contributed by atoms with Crippen LogP contribution in [0.5, 0.6) is 0 Å². The average molecular weight is 305 g/mol. The minimum atomic E-state index is -4.62. The Hall–Kier alpha value is -2.06. The van der Waals surface area contributed by atoms with E-state index in [-0.39, 0.29) is 18.3 Å². The van der Waals surface area contributed by atoms with Gasteiger partial charge in [-0.3, -0.25) is 4.79 Å². The van der Waals surface area contributed by atoms with Crippen molar-refractivity contribution in [2.75, 3.05) is 37.3 Å². The Balaban J connectivity index is 2.95. The Morgan fingerprint density at radius 1 is 1.29 bits per heavy atom. The predicted octanol–water partition coefficient (Wildman–Crippen LogP) is 1.38. The van der Waals surface area contributed by atoms with Crippen molar-refractivity contribution in [1.82, 2.24) is 14.9 Å². The smallest absolute Gasteiger partial charge is 0.368 e. The summed E-state index contributed by atoms with van der Waals surface area (Å²) in [5, 5.41) is 0. The second kappa shape index (κ2) is 6.59. The molecule has 0 aliphatic heterocycles. The van der Waals surface area contributed by atoms with Crippen molar-refractivity contribution in [3.8, 4) is 0 Å². The standard InChI is InChI=1S/C12H18F3N5O/c1-4-20(5-2)10(21)7-19(3)9-6-8(12(13,14)15)17-11(16)18-9/h6H,4-5,7H2,1-3H3,(H2,16,17,18). The minimum Gasteiger partial charge on any atom is -0.368 e. The second-order valence-corrected chi connectivity index (χ2v) is 4.39. The number of likely N-dealkylation sites (N-methyl/N-ethyl adjacent to an activating group) is 2. The fourth-order valence-corrected chi connectivity index (χ4v) is 1.75. The fraction of sp³-hybridized carbons (Fsp3) is 0.583. The molecule has 118 valence electrons. The summed E-state index contributed by atoms with van der Waals surface area (Å²) in [6.45, 7) is 4.62. The molecule has 1 amide bonds. The SMILES string of the molecule is CCN(CC)C(=O)CN(C)c1cc(C(F)(F)F)nc(N)n1. The number of anilines is 2. The number of hydrogen-bond donors (Lipinski definition) is 1. The van der Waals surface area contributed by atoms with Crippen molar-refractivity contribution in [3.63, 3.8) is 0 Å². The summed E-state index contributed by atoms with van der Waals surface area (Å²) in [5.74, 6) is -0.731. The van der Waals surface area contributed by atoms with Crippen LogP contribution in [-0.2, 0) is 11.0 Å². The van der Waals surface area contributed by atoms with Crippen molar-refractivity contribution in [2.24, 2.45) is 0 Å². The van der Waals surface area contributed by atoms with Crippen molar-refractivity contribution >= 4 is 17.7 Å². The summed E-state index contributed by atoms with van der Waals surface area (Å²) in [5.41, 5.74) is 4.16. The molecular formula is C12H18F3N5O. The van der Waals surface area contributed by atoms with Crippen molar-refractivity contribution < 1.29 is 18.0 Å².